The molecule has 0 aliphatic rings. The first-order valence-electron chi connectivity index (χ1n) is 7.71. The van der Waals surface area contributed by atoms with Crippen molar-refractivity contribution >= 4 is 56.3 Å². The Hall–Kier alpha value is -1.80. The van der Waals surface area contributed by atoms with Crippen LogP contribution in [0.2, 0.25) is 15.1 Å². The van der Waals surface area contributed by atoms with Crippen LogP contribution in [0.1, 0.15) is 12.1 Å². The minimum absolute atomic E-state index is 0.102. The highest BCUT2D eigenvalue weighted by Gasteiger charge is 2.17. The van der Waals surface area contributed by atoms with Crippen LogP contribution in [0.15, 0.2) is 47.6 Å². The molecule has 0 bridgehead atoms. The van der Waals surface area contributed by atoms with E-state index in [9.17, 15) is 13.2 Å². The molecule has 0 N–H and O–H groups in total. The molecule has 0 fully saturated rings. The van der Waals surface area contributed by atoms with Gasteiger partial charge < -0.3 is 9.14 Å². The molecule has 1 aromatic carbocycles. The third kappa shape index (κ3) is 4.93. The van der Waals surface area contributed by atoms with Crippen molar-refractivity contribution in [3.63, 3.8) is 0 Å². The van der Waals surface area contributed by atoms with Crippen LogP contribution >= 0.6 is 34.8 Å². The summed E-state index contributed by atoms with van der Waals surface area (Å²) in [5.74, 6) is -1.01. The number of fused-ring (bicyclic) bond motifs is 1. The van der Waals surface area contributed by atoms with Gasteiger partial charge in [-0.15, -0.1) is 0 Å². The molecule has 2 aromatic heterocycles. The molecule has 0 saturated carbocycles. The van der Waals surface area contributed by atoms with Gasteiger partial charge >= 0.3 is 5.97 Å². The van der Waals surface area contributed by atoms with Gasteiger partial charge in [-0.25, -0.2) is 13.4 Å². The lowest BCUT2D eigenvalue weighted by Crippen LogP contribution is -2.13. The number of nitrogens with zero attached hydrogens (tertiary/aromatic N) is 2. The van der Waals surface area contributed by atoms with Crippen LogP contribution in [-0.4, -0.2) is 29.5 Å². The van der Waals surface area contributed by atoms with Gasteiger partial charge in [0.1, 0.15) is 6.61 Å². The first-order chi connectivity index (χ1) is 12.7. The predicted octanol–water partition coefficient (Wildman–Crippen LogP) is 4.20. The Labute approximate surface area is 170 Å². The van der Waals surface area contributed by atoms with Crippen LogP contribution in [-0.2, 0) is 26.0 Å². The fourth-order valence-electron chi connectivity index (χ4n) is 2.35. The molecular formula is C17H13Cl3N2O4S. The molecule has 0 aliphatic carbocycles. The Kier molecular flexibility index (Phi) is 5.95. The lowest BCUT2D eigenvalue weighted by molar-refractivity contribution is -0.144. The van der Waals surface area contributed by atoms with Gasteiger partial charge in [0.05, 0.1) is 32.8 Å². The highest BCUT2D eigenvalue weighted by Crippen LogP contribution is 2.22. The largest absolute Gasteiger partial charge is 0.459 e. The van der Waals surface area contributed by atoms with E-state index in [0.717, 1.165) is 0 Å². The van der Waals surface area contributed by atoms with Crippen LogP contribution in [0.3, 0.4) is 0 Å². The SMILES string of the molecule is O=C(CCS(=O)(=O)c1ccc(Cl)cc1)OCc1cn2cc(Cl)cc(Cl)c2n1. The number of hydrogen-bond donors (Lipinski definition) is 0. The fraction of sp³-hybridized carbons (Fsp3) is 0.176. The van der Waals surface area contributed by atoms with Crippen molar-refractivity contribution in [2.75, 3.05) is 5.75 Å². The van der Waals surface area contributed by atoms with Crippen molar-refractivity contribution in [2.24, 2.45) is 0 Å². The van der Waals surface area contributed by atoms with Crippen molar-refractivity contribution in [2.45, 2.75) is 17.9 Å². The van der Waals surface area contributed by atoms with Crippen molar-refractivity contribution in [3.8, 4) is 0 Å². The number of rotatable bonds is 6. The third-order valence-electron chi connectivity index (χ3n) is 3.65. The second kappa shape index (κ2) is 8.06. The van der Waals surface area contributed by atoms with Crippen molar-refractivity contribution < 1.29 is 17.9 Å². The van der Waals surface area contributed by atoms with Gasteiger partial charge in [0.25, 0.3) is 0 Å². The second-order valence-electron chi connectivity index (χ2n) is 5.65. The quantitative estimate of drug-likeness (QED) is 0.529. The molecule has 27 heavy (non-hydrogen) atoms. The van der Waals surface area contributed by atoms with E-state index in [-0.39, 0.29) is 23.7 Å². The summed E-state index contributed by atoms with van der Waals surface area (Å²) in [5, 5.41) is 1.25. The highest BCUT2D eigenvalue weighted by atomic mass is 35.5. The number of carbonyl (C=O) groups excluding carboxylic acids is 1. The summed E-state index contributed by atoms with van der Waals surface area (Å²) in [7, 11) is -3.60. The number of hydrogen-bond acceptors (Lipinski definition) is 5. The first-order valence-corrected chi connectivity index (χ1v) is 10.5. The highest BCUT2D eigenvalue weighted by molar-refractivity contribution is 7.91. The maximum atomic E-state index is 12.2. The molecule has 6 nitrogen and oxygen atoms in total. The van der Waals surface area contributed by atoms with E-state index in [4.69, 9.17) is 39.5 Å². The predicted molar refractivity (Wildman–Crippen MR) is 103 cm³/mol. The molecule has 0 aliphatic heterocycles. The van der Waals surface area contributed by atoms with Crippen LogP contribution in [0.25, 0.3) is 5.65 Å². The van der Waals surface area contributed by atoms with E-state index in [1.54, 1.807) is 22.9 Å². The average molecular weight is 448 g/mol. The number of ether oxygens (including phenoxy) is 1. The maximum Gasteiger partial charge on any atom is 0.307 e. The normalized spacial score (nSPS) is 11.7. The van der Waals surface area contributed by atoms with Gasteiger partial charge in [-0.05, 0) is 30.3 Å². The molecule has 0 radical (unpaired) electrons. The number of pyridine rings is 1. The van der Waals surface area contributed by atoms with Gasteiger partial charge in [-0.1, -0.05) is 34.8 Å². The summed E-state index contributed by atoms with van der Waals surface area (Å²) >= 11 is 17.7. The molecule has 3 rings (SSSR count). The monoisotopic (exact) mass is 446 g/mol. The number of benzene rings is 1. The lowest BCUT2D eigenvalue weighted by Gasteiger charge is -2.05. The Morgan fingerprint density at radius 2 is 1.78 bits per heavy atom. The molecule has 142 valence electrons. The number of esters is 1. The minimum Gasteiger partial charge on any atom is -0.459 e. The molecule has 0 saturated heterocycles. The zero-order valence-corrected chi connectivity index (χ0v) is 16.8. The smallest absolute Gasteiger partial charge is 0.307 e. The van der Waals surface area contributed by atoms with Crippen molar-refractivity contribution in [1.82, 2.24) is 9.38 Å². The van der Waals surface area contributed by atoms with Crippen molar-refractivity contribution in [1.29, 1.82) is 0 Å². The summed E-state index contributed by atoms with van der Waals surface area (Å²) in [6.45, 7) is -0.102. The topological polar surface area (TPSA) is 77.7 Å². The zero-order chi connectivity index (χ0) is 19.6. The van der Waals surface area contributed by atoms with E-state index < -0.39 is 15.8 Å². The summed E-state index contributed by atoms with van der Waals surface area (Å²) < 4.78 is 31.2. The first kappa shape index (κ1) is 19.9. The van der Waals surface area contributed by atoms with E-state index in [1.165, 1.54) is 24.3 Å². The molecule has 0 spiro atoms. The van der Waals surface area contributed by atoms with Gasteiger partial charge in [0, 0.05) is 17.4 Å². The molecule has 0 amide bonds. The number of aromatic nitrogens is 2. The molecule has 2 heterocycles. The van der Waals surface area contributed by atoms with Crippen LogP contribution < -0.4 is 0 Å². The fourth-order valence-corrected chi connectivity index (χ4v) is 4.22. The van der Waals surface area contributed by atoms with Gasteiger partial charge in [-0.2, -0.15) is 0 Å². The average Bonchev–Trinajstić information content (AvgIpc) is 3.02. The van der Waals surface area contributed by atoms with Gasteiger partial charge in [-0.3, -0.25) is 4.79 Å². The Balaban J connectivity index is 1.58. The number of sulfone groups is 1. The van der Waals surface area contributed by atoms with Crippen LogP contribution in [0, 0.1) is 0 Å². The molecule has 3 aromatic rings. The lowest BCUT2D eigenvalue weighted by atomic mass is 10.4. The zero-order valence-electron chi connectivity index (χ0n) is 13.7. The van der Waals surface area contributed by atoms with E-state index in [2.05, 4.69) is 4.98 Å². The minimum atomic E-state index is -3.60. The molecule has 0 unspecified atom stereocenters. The summed E-state index contributed by atoms with van der Waals surface area (Å²) in [6.07, 6.45) is 2.98. The van der Waals surface area contributed by atoms with Crippen LogP contribution in [0.4, 0.5) is 0 Å². The van der Waals surface area contributed by atoms with E-state index in [1.807, 2.05) is 0 Å². The van der Waals surface area contributed by atoms with Gasteiger partial charge in [0.15, 0.2) is 15.5 Å². The van der Waals surface area contributed by atoms with E-state index in [0.29, 0.717) is 26.4 Å². The number of halogens is 3. The number of imidazole rings is 1. The molecule has 10 heteroatoms. The maximum absolute atomic E-state index is 12.2. The van der Waals surface area contributed by atoms with Crippen molar-refractivity contribution in [3.05, 3.63) is 63.5 Å². The van der Waals surface area contributed by atoms with E-state index >= 15 is 0 Å². The molecule has 0 atom stereocenters. The standard InChI is InChI=1S/C17H13Cl3N2O4S/c18-11-1-3-14(4-2-11)27(24,25)6-5-16(23)26-10-13-9-22-8-12(19)7-15(20)17(22)21-13/h1-4,7-9H,5-6,10H2. The Morgan fingerprint density at radius 3 is 2.48 bits per heavy atom. The Bertz CT molecular complexity index is 1100. The second-order valence-corrected chi connectivity index (χ2v) is 9.04. The van der Waals surface area contributed by atoms with Gasteiger partial charge in [0.2, 0.25) is 0 Å². The summed E-state index contributed by atoms with van der Waals surface area (Å²) in [4.78, 5) is 16.3. The number of carbonyl (C=O) groups is 1. The summed E-state index contributed by atoms with van der Waals surface area (Å²) in [5.41, 5.74) is 0.950. The van der Waals surface area contributed by atoms with Crippen LogP contribution in [0.5, 0.6) is 0 Å². The summed E-state index contributed by atoms with van der Waals surface area (Å²) in [6, 6.07) is 7.31. The Morgan fingerprint density at radius 1 is 1.07 bits per heavy atom. The molecular weight excluding hydrogens is 435 g/mol. The third-order valence-corrected chi connectivity index (χ3v) is 6.12.